The molecule has 1 saturated heterocycles. The summed E-state index contributed by atoms with van der Waals surface area (Å²) in [5.41, 5.74) is -0.496. The van der Waals surface area contributed by atoms with Crippen LogP contribution in [-0.2, 0) is 9.53 Å². The number of hydrogen-bond donors (Lipinski definition) is 1. The van der Waals surface area contributed by atoms with E-state index in [9.17, 15) is 9.59 Å². The van der Waals surface area contributed by atoms with Gasteiger partial charge in [0.15, 0.2) is 0 Å². The third-order valence-corrected chi connectivity index (χ3v) is 3.46. The van der Waals surface area contributed by atoms with Crippen molar-refractivity contribution in [2.45, 2.75) is 59.5 Å². The van der Waals surface area contributed by atoms with Crippen molar-refractivity contribution < 1.29 is 14.3 Å². The molecule has 0 bridgehead atoms. The van der Waals surface area contributed by atoms with E-state index in [1.807, 2.05) is 20.8 Å². The van der Waals surface area contributed by atoms with Crippen LogP contribution in [-0.4, -0.2) is 42.1 Å². The zero-order chi connectivity index (χ0) is 16.0. The fourth-order valence-electron chi connectivity index (χ4n) is 2.31. The molecule has 1 heterocycles. The zero-order valence-electron chi connectivity index (χ0n) is 14.1. The summed E-state index contributed by atoms with van der Waals surface area (Å²) < 4.78 is 5.37. The molecule has 0 aromatic carbocycles. The summed E-state index contributed by atoms with van der Waals surface area (Å²) in [5.74, 6) is 0.525. The van der Waals surface area contributed by atoms with Crippen LogP contribution in [0.2, 0.25) is 0 Å². The minimum atomic E-state index is -0.496. The molecule has 1 aliphatic heterocycles. The third-order valence-electron chi connectivity index (χ3n) is 3.46. The fraction of sp³-hybridized carbons (Fsp3) is 0.875. The highest BCUT2D eigenvalue weighted by atomic mass is 16.6. The number of piperidine rings is 1. The van der Waals surface area contributed by atoms with Gasteiger partial charge >= 0.3 is 6.09 Å². The molecule has 1 rings (SSSR count). The molecule has 1 fully saturated rings. The highest BCUT2D eigenvalue weighted by Gasteiger charge is 2.30. The summed E-state index contributed by atoms with van der Waals surface area (Å²) in [6.45, 7) is 11.7. The predicted molar refractivity (Wildman–Crippen MR) is 83.0 cm³/mol. The molecule has 0 spiro atoms. The number of likely N-dealkylation sites (tertiary alicyclic amines) is 1. The largest absolute Gasteiger partial charge is 0.444 e. The van der Waals surface area contributed by atoms with E-state index >= 15 is 0 Å². The van der Waals surface area contributed by atoms with E-state index in [1.165, 1.54) is 0 Å². The SMILES string of the molecule is CC(C)CCNC(=O)C1CCCN(C(=O)OC(C)(C)C)C1. The van der Waals surface area contributed by atoms with Gasteiger partial charge in [0.25, 0.3) is 0 Å². The fourth-order valence-corrected chi connectivity index (χ4v) is 2.31. The number of carbonyl (C=O) groups is 2. The van der Waals surface area contributed by atoms with Crippen LogP contribution in [0.3, 0.4) is 0 Å². The molecule has 21 heavy (non-hydrogen) atoms. The molecule has 0 aromatic heterocycles. The first-order valence-corrected chi connectivity index (χ1v) is 7.94. The van der Waals surface area contributed by atoms with Crippen molar-refractivity contribution in [3.05, 3.63) is 0 Å². The van der Waals surface area contributed by atoms with Gasteiger partial charge in [-0.2, -0.15) is 0 Å². The monoisotopic (exact) mass is 298 g/mol. The molecule has 0 aromatic rings. The first-order valence-electron chi connectivity index (χ1n) is 7.94. The first kappa shape index (κ1) is 17.8. The van der Waals surface area contributed by atoms with E-state index in [4.69, 9.17) is 4.74 Å². The highest BCUT2D eigenvalue weighted by Crippen LogP contribution is 2.19. The summed E-state index contributed by atoms with van der Waals surface area (Å²) >= 11 is 0. The Morgan fingerprint density at radius 1 is 1.33 bits per heavy atom. The Kier molecular flexibility index (Phi) is 6.49. The van der Waals surface area contributed by atoms with E-state index in [1.54, 1.807) is 4.90 Å². The van der Waals surface area contributed by atoms with Crippen LogP contribution in [0, 0.1) is 11.8 Å². The smallest absolute Gasteiger partial charge is 0.410 e. The van der Waals surface area contributed by atoms with E-state index in [2.05, 4.69) is 19.2 Å². The van der Waals surface area contributed by atoms with Crippen LogP contribution < -0.4 is 5.32 Å². The van der Waals surface area contributed by atoms with Crippen LogP contribution >= 0.6 is 0 Å². The van der Waals surface area contributed by atoms with Gasteiger partial charge in [-0.15, -0.1) is 0 Å². The average Bonchev–Trinajstić information content (AvgIpc) is 2.36. The van der Waals surface area contributed by atoms with Gasteiger partial charge in [0.1, 0.15) is 5.60 Å². The molecule has 0 aliphatic carbocycles. The molecule has 1 N–H and O–H groups in total. The Balaban J connectivity index is 2.44. The van der Waals surface area contributed by atoms with Crippen LogP contribution in [0.15, 0.2) is 0 Å². The lowest BCUT2D eigenvalue weighted by Gasteiger charge is -2.33. The van der Waals surface area contributed by atoms with E-state index in [0.717, 1.165) is 19.3 Å². The molecule has 2 amide bonds. The van der Waals surface area contributed by atoms with Gasteiger partial charge in [-0.3, -0.25) is 4.79 Å². The molecule has 122 valence electrons. The lowest BCUT2D eigenvalue weighted by atomic mass is 9.97. The highest BCUT2D eigenvalue weighted by molar-refractivity contribution is 5.80. The van der Waals surface area contributed by atoms with Crippen molar-refractivity contribution in [1.82, 2.24) is 10.2 Å². The summed E-state index contributed by atoms with van der Waals surface area (Å²) in [6, 6.07) is 0. The molecular formula is C16H30N2O3. The number of amides is 2. The molecule has 1 unspecified atom stereocenters. The van der Waals surface area contributed by atoms with Crippen LogP contribution in [0.4, 0.5) is 4.79 Å². The van der Waals surface area contributed by atoms with Crippen molar-refractivity contribution in [2.75, 3.05) is 19.6 Å². The van der Waals surface area contributed by atoms with E-state index < -0.39 is 5.60 Å². The van der Waals surface area contributed by atoms with E-state index in [-0.39, 0.29) is 17.9 Å². The van der Waals surface area contributed by atoms with Gasteiger partial charge in [0.05, 0.1) is 5.92 Å². The Bertz CT molecular complexity index is 361. The normalized spacial score (nSPS) is 19.5. The lowest BCUT2D eigenvalue weighted by molar-refractivity contribution is -0.126. The molecule has 0 radical (unpaired) electrons. The zero-order valence-corrected chi connectivity index (χ0v) is 14.1. The Morgan fingerprint density at radius 3 is 2.57 bits per heavy atom. The summed E-state index contributed by atoms with van der Waals surface area (Å²) in [4.78, 5) is 25.9. The summed E-state index contributed by atoms with van der Waals surface area (Å²) in [6.07, 6.45) is 2.35. The Morgan fingerprint density at radius 2 is 2.00 bits per heavy atom. The lowest BCUT2D eigenvalue weighted by Crippen LogP contribution is -2.47. The predicted octanol–water partition coefficient (Wildman–Crippen LogP) is 2.80. The maximum Gasteiger partial charge on any atom is 0.410 e. The second kappa shape index (κ2) is 7.66. The number of hydrogen-bond acceptors (Lipinski definition) is 3. The number of nitrogens with zero attached hydrogens (tertiary/aromatic N) is 1. The van der Waals surface area contributed by atoms with Crippen LogP contribution in [0.5, 0.6) is 0 Å². The van der Waals surface area contributed by atoms with Gasteiger partial charge in [0.2, 0.25) is 5.91 Å². The van der Waals surface area contributed by atoms with Gasteiger partial charge in [-0.25, -0.2) is 4.79 Å². The maximum absolute atomic E-state index is 12.1. The number of rotatable bonds is 4. The molecule has 1 aliphatic rings. The van der Waals surface area contributed by atoms with Crippen molar-refractivity contribution >= 4 is 12.0 Å². The Labute approximate surface area is 128 Å². The summed E-state index contributed by atoms with van der Waals surface area (Å²) in [7, 11) is 0. The second-order valence-electron chi connectivity index (χ2n) is 7.24. The molecule has 1 atom stereocenters. The second-order valence-corrected chi connectivity index (χ2v) is 7.24. The van der Waals surface area contributed by atoms with Crippen LogP contribution in [0.1, 0.15) is 53.9 Å². The van der Waals surface area contributed by atoms with E-state index in [0.29, 0.717) is 25.6 Å². The van der Waals surface area contributed by atoms with Crippen molar-refractivity contribution in [2.24, 2.45) is 11.8 Å². The molecule has 0 saturated carbocycles. The number of nitrogens with one attached hydrogen (secondary N) is 1. The average molecular weight is 298 g/mol. The van der Waals surface area contributed by atoms with Crippen molar-refractivity contribution in [3.8, 4) is 0 Å². The van der Waals surface area contributed by atoms with Gasteiger partial charge in [0, 0.05) is 19.6 Å². The van der Waals surface area contributed by atoms with Gasteiger partial charge in [-0.1, -0.05) is 13.8 Å². The van der Waals surface area contributed by atoms with Crippen molar-refractivity contribution in [3.63, 3.8) is 0 Å². The topological polar surface area (TPSA) is 58.6 Å². The van der Waals surface area contributed by atoms with Crippen LogP contribution in [0.25, 0.3) is 0 Å². The standard InChI is InChI=1S/C16H30N2O3/c1-12(2)8-9-17-14(19)13-7-6-10-18(11-13)15(20)21-16(3,4)5/h12-13H,6-11H2,1-5H3,(H,17,19). The van der Waals surface area contributed by atoms with Gasteiger partial charge in [-0.05, 0) is 46.0 Å². The molecule has 5 heteroatoms. The molecular weight excluding hydrogens is 268 g/mol. The molecule has 5 nitrogen and oxygen atoms in total. The van der Waals surface area contributed by atoms with Crippen molar-refractivity contribution in [1.29, 1.82) is 0 Å². The third kappa shape index (κ3) is 6.82. The quantitative estimate of drug-likeness (QED) is 0.868. The first-order chi connectivity index (χ1) is 9.69. The minimum Gasteiger partial charge on any atom is -0.444 e. The Hall–Kier alpha value is -1.26. The maximum atomic E-state index is 12.1. The number of carbonyl (C=O) groups excluding carboxylic acids is 2. The summed E-state index contributed by atoms with van der Waals surface area (Å²) in [5, 5.41) is 2.97. The number of ether oxygens (including phenoxy) is 1. The minimum absolute atomic E-state index is 0.0592. The van der Waals surface area contributed by atoms with Gasteiger partial charge < -0.3 is 15.0 Å².